The van der Waals surface area contributed by atoms with Crippen LogP contribution in [0.25, 0.3) is 0 Å². The van der Waals surface area contributed by atoms with E-state index in [4.69, 9.17) is 0 Å². The van der Waals surface area contributed by atoms with E-state index >= 15 is 0 Å². The fraction of sp³-hybridized carbons (Fsp3) is 0.973. The highest BCUT2D eigenvalue weighted by atomic mass is 31.2. The van der Waals surface area contributed by atoms with Gasteiger partial charge in [0.15, 0.2) is 0 Å². The van der Waals surface area contributed by atoms with Gasteiger partial charge in [0.2, 0.25) is 0 Å². The number of hydrogen-bond acceptors (Lipinski definition) is 0. The van der Waals surface area contributed by atoms with Crippen molar-refractivity contribution in [2.75, 3.05) is 0 Å². The summed E-state index contributed by atoms with van der Waals surface area (Å²) in [7, 11) is 0.408. The van der Waals surface area contributed by atoms with Crippen LogP contribution in [-0.4, -0.2) is 34.0 Å². The Bertz CT molecular complexity index is 539. The van der Waals surface area contributed by atoms with E-state index in [2.05, 4.69) is 5.14 Å². The van der Waals surface area contributed by atoms with E-state index in [1.54, 1.807) is 193 Å². The van der Waals surface area contributed by atoms with E-state index in [0.717, 1.165) is 34.0 Å². The van der Waals surface area contributed by atoms with Gasteiger partial charge in [0.25, 0.3) is 0 Å². The minimum absolute atomic E-state index is 0.136. The third-order valence-electron chi connectivity index (χ3n) is 12.5. The zero-order valence-corrected chi connectivity index (χ0v) is 29.2. The average molecular weight is 604 g/mol. The predicted octanol–water partition coefficient (Wildman–Crippen LogP) is 13.9. The standard InChI is InChI=1S/C37H66P3/c1-7-19-31(20-8-1)38(32-21-9-2-10-22-32)37(39(33-23-11-3-12-24-33)34-25-13-4-14-26-34)40(35-27-15-5-16-28-35)36-29-17-6-18-30-36/h31-36H,1-30H2/q-1. The van der Waals surface area contributed by atoms with Crippen molar-refractivity contribution in [1.82, 2.24) is 0 Å². The van der Waals surface area contributed by atoms with Crippen LogP contribution in [0.4, 0.5) is 0 Å². The lowest BCUT2D eigenvalue weighted by Crippen LogP contribution is -2.32. The molecule has 0 aromatic heterocycles. The average Bonchev–Trinajstić information content (AvgIpc) is 3.04. The van der Waals surface area contributed by atoms with Crippen LogP contribution in [0, 0.1) is 5.14 Å². The van der Waals surface area contributed by atoms with Crippen LogP contribution in [0.15, 0.2) is 0 Å². The Hall–Kier alpha value is 1.29. The maximum absolute atomic E-state index is 2.57. The van der Waals surface area contributed by atoms with Gasteiger partial charge in [-0.15, -0.1) is 0 Å². The fourth-order valence-electron chi connectivity index (χ4n) is 10.4. The Morgan fingerprint density at radius 2 is 0.375 bits per heavy atom. The molecule has 40 heavy (non-hydrogen) atoms. The highest BCUT2D eigenvalue weighted by molar-refractivity contribution is 7.97. The lowest BCUT2D eigenvalue weighted by atomic mass is 9.99. The third-order valence-corrected chi connectivity index (χ3v) is 25.9. The number of rotatable bonds is 9. The summed E-state index contributed by atoms with van der Waals surface area (Å²) in [6, 6.07) is 0. The maximum Gasteiger partial charge on any atom is -0.0480 e. The molecule has 0 unspecified atom stereocenters. The van der Waals surface area contributed by atoms with Gasteiger partial charge in [-0.05, 0) is 111 Å². The van der Waals surface area contributed by atoms with E-state index in [1.807, 2.05) is 0 Å². The van der Waals surface area contributed by atoms with Gasteiger partial charge < -0.3 is 0 Å². The van der Waals surface area contributed by atoms with Crippen molar-refractivity contribution in [3.05, 3.63) is 5.14 Å². The molecule has 6 saturated carbocycles. The largest absolute Gasteiger partial charge is 0.249 e. The van der Waals surface area contributed by atoms with Crippen LogP contribution >= 0.6 is 23.8 Å². The molecule has 6 rings (SSSR count). The second-order valence-electron chi connectivity index (χ2n) is 15.3. The summed E-state index contributed by atoms with van der Waals surface area (Å²) in [5, 5.41) is 2.57. The van der Waals surface area contributed by atoms with E-state index in [1.165, 1.54) is 0 Å². The van der Waals surface area contributed by atoms with Gasteiger partial charge in [0.05, 0.1) is 0 Å². The van der Waals surface area contributed by atoms with Gasteiger partial charge in [-0.1, -0.05) is 116 Å². The minimum Gasteiger partial charge on any atom is -0.249 e. The molecule has 6 fully saturated rings. The first-order valence-electron chi connectivity index (χ1n) is 19.1. The quantitative estimate of drug-likeness (QED) is 0.182. The highest BCUT2D eigenvalue weighted by Crippen LogP contribution is 2.88. The molecular formula is C37H66P3-. The van der Waals surface area contributed by atoms with E-state index in [-0.39, 0.29) is 23.8 Å². The molecule has 0 heterocycles. The lowest BCUT2D eigenvalue weighted by Gasteiger charge is -2.67. The summed E-state index contributed by atoms with van der Waals surface area (Å²) < 4.78 is 0. The fourth-order valence-corrected chi connectivity index (χ4v) is 28.8. The van der Waals surface area contributed by atoms with Gasteiger partial charge in [-0.25, -0.2) is 28.9 Å². The smallest absolute Gasteiger partial charge is 0.0480 e. The van der Waals surface area contributed by atoms with Crippen molar-refractivity contribution in [2.45, 2.75) is 227 Å². The summed E-state index contributed by atoms with van der Waals surface area (Å²) in [5.74, 6) is 0. The summed E-state index contributed by atoms with van der Waals surface area (Å²) in [6.07, 6.45) is 48.0. The Balaban J connectivity index is 1.45. The van der Waals surface area contributed by atoms with Crippen molar-refractivity contribution in [3.8, 4) is 0 Å². The first kappa shape index (κ1) is 31.3. The Labute approximate surface area is 254 Å². The zero-order chi connectivity index (χ0) is 27.0. The maximum atomic E-state index is 2.57. The van der Waals surface area contributed by atoms with Crippen LogP contribution in [0.1, 0.15) is 193 Å². The SMILES string of the molecule is C1CCC(P([C-](P(C2CCCCC2)C2CCCCC2)P(C2CCCCC2)C2CCCCC2)C2CCCCC2)CC1. The van der Waals surface area contributed by atoms with Crippen molar-refractivity contribution < 1.29 is 0 Å². The van der Waals surface area contributed by atoms with Gasteiger partial charge in [-0.2, -0.15) is 0 Å². The van der Waals surface area contributed by atoms with E-state index < -0.39 is 0 Å². The van der Waals surface area contributed by atoms with Crippen molar-refractivity contribution in [3.63, 3.8) is 0 Å². The molecule has 0 N–H and O–H groups in total. The molecule has 6 aliphatic carbocycles. The summed E-state index contributed by atoms with van der Waals surface area (Å²) in [6.45, 7) is 0. The summed E-state index contributed by atoms with van der Waals surface area (Å²) in [4.78, 5) is 0. The van der Waals surface area contributed by atoms with Gasteiger partial charge in [0, 0.05) is 0 Å². The van der Waals surface area contributed by atoms with Crippen LogP contribution in [0.2, 0.25) is 0 Å². The molecule has 0 nitrogen and oxygen atoms in total. The molecule has 0 amide bonds. The second-order valence-corrected chi connectivity index (χ2v) is 24.5. The molecule has 0 bridgehead atoms. The minimum atomic E-state index is 0.136. The Kier molecular flexibility index (Phi) is 12.9. The van der Waals surface area contributed by atoms with Crippen LogP contribution < -0.4 is 0 Å². The first-order valence-corrected chi connectivity index (χ1v) is 23.6. The summed E-state index contributed by atoms with van der Waals surface area (Å²) >= 11 is 0. The molecule has 3 heteroatoms. The molecule has 0 radical (unpaired) electrons. The normalized spacial score (nSPS) is 28.8. The summed E-state index contributed by atoms with van der Waals surface area (Å²) in [5.41, 5.74) is 6.90. The van der Waals surface area contributed by atoms with Crippen LogP contribution in [0.5, 0.6) is 0 Å². The Morgan fingerprint density at radius 1 is 0.225 bits per heavy atom. The molecule has 230 valence electrons. The molecule has 0 aromatic carbocycles. The van der Waals surface area contributed by atoms with Gasteiger partial charge in [-0.3, -0.25) is 0 Å². The molecule has 0 aromatic rings. The molecule has 0 atom stereocenters. The monoisotopic (exact) mass is 603 g/mol. The third kappa shape index (κ3) is 7.92. The predicted molar refractivity (Wildman–Crippen MR) is 185 cm³/mol. The highest BCUT2D eigenvalue weighted by Gasteiger charge is 2.42. The van der Waals surface area contributed by atoms with Crippen LogP contribution in [-0.2, 0) is 0 Å². The topological polar surface area (TPSA) is 0 Å². The molecular weight excluding hydrogens is 537 g/mol. The van der Waals surface area contributed by atoms with Crippen molar-refractivity contribution >= 4 is 23.8 Å². The first-order chi connectivity index (χ1) is 19.9. The molecule has 0 aliphatic heterocycles. The number of hydrogen-bond donors (Lipinski definition) is 0. The second kappa shape index (κ2) is 16.6. The van der Waals surface area contributed by atoms with Crippen molar-refractivity contribution in [2.24, 2.45) is 0 Å². The zero-order valence-electron chi connectivity index (χ0n) is 26.5. The lowest BCUT2D eigenvalue weighted by molar-refractivity contribution is 0.478. The Morgan fingerprint density at radius 3 is 0.525 bits per heavy atom. The molecule has 0 spiro atoms. The van der Waals surface area contributed by atoms with Gasteiger partial charge >= 0.3 is 0 Å². The van der Waals surface area contributed by atoms with E-state index in [0.29, 0.717) is 0 Å². The van der Waals surface area contributed by atoms with Gasteiger partial charge in [0.1, 0.15) is 0 Å². The molecule has 0 saturated heterocycles. The van der Waals surface area contributed by atoms with Crippen LogP contribution in [0.3, 0.4) is 0 Å². The van der Waals surface area contributed by atoms with Crippen molar-refractivity contribution in [1.29, 1.82) is 0 Å². The van der Waals surface area contributed by atoms with E-state index in [9.17, 15) is 0 Å². The molecule has 6 aliphatic rings.